The van der Waals surface area contributed by atoms with Crippen molar-refractivity contribution in [3.8, 4) is 5.75 Å². The second-order valence-corrected chi connectivity index (χ2v) is 11.1. The number of benzene rings is 4. The zero-order valence-electron chi connectivity index (χ0n) is 19.9. The first-order valence-electron chi connectivity index (χ1n) is 11.2. The van der Waals surface area contributed by atoms with Crippen LogP contribution in [0.25, 0.3) is 21.5 Å². The van der Waals surface area contributed by atoms with Gasteiger partial charge in [-0.25, -0.2) is 9.13 Å². The van der Waals surface area contributed by atoms with E-state index in [0.717, 1.165) is 27.1 Å². The molecule has 7 N–H and O–H groups in total. The maximum Gasteiger partial charge on any atom is 0.478 e. The molecule has 13 heteroatoms. The van der Waals surface area contributed by atoms with Crippen LogP contribution in [0.4, 0.5) is 0 Å². The standard InChI is InChI=1S/C25H24O4.H4O7P2/c26-15-25(16-27,17-28)24(22-13-5-9-18-7-1-3-11-20(18)22)29-23-14-6-10-19-8-2-4-12-21(19)23;1-8(2,3)7-9(4,5)6/h1-14,24,26-28H,15-17H2;(H2,1,2,3)(H2,4,5,6). The van der Waals surface area contributed by atoms with Crippen LogP contribution in [0.3, 0.4) is 0 Å². The molecule has 1 unspecified atom stereocenters. The van der Waals surface area contributed by atoms with Crippen molar-refractivity contribution in [1.82, 2.24) is 0 Å². The first-order valence-corrected chi connectivity index (χ1v) is 14.3. The van der Waals surface area contributed by atoms with Crippen LogP contribution in [-0.4, -0.2) is 54.7 Å². The molecule has 0 aliphatic heterocycles. The summed E-state index contributed by atoms with van der Waals surface area (Å²) in [6.07, 6.45) is -0.751. The van der Waals surface area contributed by atoms with Crippen molar-refractivity contribution in [3.05, 3.63) is 90.5 Å². The van der Waals surface area contributed by atoms with Crippen LogP contribution in [0.2, 0.25) is 0 Å². The molecule has 0 bridgehead atoms. The van der Waals surface area contributed by atoms with Gasteiger partial charge in [0, 0.05) is 10.9 Å². The number of fused-ring (bicyclic) bond motifs is 2. The summed E-state index contributed by atoms with van der Waals surface area (Å²) in [5, 5.41) is 34.5. The number of ether oxygens (including phenoxy) is 1. The summed E-state index contributed by atoms with van der Waals surface area (Å²) in [6, 6.07) is 27.4. The summed E-state index contributed by atoms with van der Waals surface area (Å²) in [4.78, 5) is 31.0. The van der Waals surface area contributed by atoms with Gasteiger partial charge in [0.25, 0.3) is 0 Å². The van der Waals surface area contributed by atoms with Gasteiger partial charge < -0.3 is 39.6 Å². The molecule has 4 aromatic rings. The monoisotopic (exact) mass is 566 g/mol. The van der Waals surface area contributed by atoms with Crippen molar-refractivity contribution in [2.75, 3.05) is 19.8 Å². The van der Waals surface area contributed by atoms with Crippen LogP contribution in [-0.2, 0) is 13.4 Å². The molecule has 38 heavy (non-hydrogen) atoms. The van der Waals surface area contributed by atoms with Gasteiger partial charge in [0.1, 0.15) is 11.9 Å². The normalized spacial score (nSPS) is 13.1. The van der Waals surface area contributed by atoms with E-state index >= 15 is 0 Å². The molecule has 0 fully saturated rings. The Morgan fingerprint density at radius 3 is 1.58 bits per heavy atom. The van der Waals surface area contributed by atoms with Crippen LogP contribution in [0.1, 0.15) is 11.7 Å². The summed E-state index contributed by atoms with van der Waals surface area (Å²) < 4.78 is 28.7. The lowest BCUT2D eigenvalue weighted by Gasteiger charge is -2.37. The van der Waals surface area contributed by atoms with Gasteiger partial charge in [-0.2, -0.15) is 4.31 Å². The zero-order valence-corrected chi connectivity index (χ0v) is 21.7. The van der Waals surface area contributed by atoms with Crippen molar-refractivity contribution in [2.45, 2.75) is 6.10 Å². The summed E-state index contributed by atoms with van der Waals surface area (Å²) in [5.74, 6) is 0.640. The molecule has 0 aliphatic carbocycles. The Labute approximate surface area is 218 Å². The first kappa shape index (κ1) is 29.9. The lowest BCUT2D eigenvalue weighted by molar-refractivity contribution is -0.0732. The number of aliphatic hydroxyl groups excluding tert-OH is 3. The van der Waals surface area contributed by atoms with Gasteiger partial charge in [0.15, 0.2) is 0 Å². The third-order valence-electron chi connectivity index (χ3n) is 5.81. The van der Waals surface area contributed by atoms with E-state index in [1.165, 1.54) is 0 Å². The van der Waals surface area contributed by atoms with Gasteiger partial charge in [0.2, 0.25) is 0 Å². The van der Waals surface area contributed by atoms with Gasteiger partial charge in [-0.05, 0) is 22.2 Å². The molecule has 0 aromatic heterocycles. The Morgan fingerprint density at radius 1 is 0.632 bits per heavy atom. The summed E-state index contributed by atoms with van der Waals surface area (Å²) in [6.45, 7) is -1.25. The molecule has 1 atom stereocenters. The quantitative estimate of drug-likeness (QED) is 0.147. The molecule has 11 nitrogen and oxygen atoms in total. The molecule has 0 saturated carbocycles. The molecule has 0 amide bonds. The van der Waals surface area contributed by atoms with Gasteiger partial charge >= 0.3 is 15.6 Å². The van der Waals surface area contributed by atoms with E-state index in [4.69, 9.17) is 24.3 Å². The van der Waals surface area contributed by atoms with E-state index in [1.54, 1.807) is 0 Å². The maximum atomic E-state index is 10.2. The van der Waals surface area contributed by atoms with Crippen LogP contribution < -0.4 is 4.74 Å². The van der Waals surface area contributed by atoms with E-state index in [9.17, 15) is 24.4 Å². The third-order valence-corrected chi connectivity index (χ3v) is 7.52. The summed E-state index contributed by atoms with van der Waals surface area (Å²) in [5.41, 5.74) is -0.436. The maximum absolute atomic E-state index is 10.2. The number of rotatable bonds is 9. The second-order valence-electron chi connectivity index (χ2n) is 8.44. The number of hydrogen-bond acceptors (Lipinski definition) is 7. The highest BCUT2D eigenvalue weighted by molar-refractivity contribution is 7.60. The SMILES string of the molecule is O=P(O)(O)OP(=O)(O)O.OCC(CO)(CO)C(Oc1cccc2ccccc12)c1cccc2ccccc12. The zero-order chi connectivity index (χ0) is 28.0. The average molecular weight is 566 g/mol. The van der Waals surface area contributed by atoms with Crippen molar-refractivity contribution in [1.29, 1.82) is 0 Å². The Bertz CT molecular complexity index is 1420. The Kier molecular flexibility index (Phi) is 9.80. The molecular formula is C25H28O11P2. The van der Waals surface area contributed by atoms with Crippen LogP contribution >= 0.6 is 15.6 Å². The first-order chi connectivity index (χ1) is 17.9. The van der Waals surface area contributed by atoms with E-state index in [-0.39, 0.29) is 0 Å². The van der Waals surface area contributed by atoms with Crippen molar-refractivity contribution in [2.24, 2.45) is 5.41 Å². The Morgan fingerprint density at radius 2 is 1.08 bits per heavy atom. The van der Waals surface area contributed by atoms with Crippen LogP contribution in [0.5, 0.6) is 5.75 Å². The minimum atomic E-state index is -5.05. The van der Waals surface area contributed by atoms with Crippen molar-refractivity contribution < 1.29 is 53.1 Å². The highest BCUT2D eigenvalue weighted by Gasteiger charge is 2.41. The Hall–Kier alpha value is -2.66. The number of phosphoric acid groups is 2. The van der Waals surface area contributed by atoms with Crippen molar-refractivity contribution >= 4 is 37.2 Å². The van der Waals surface area contributed by atoms with E-state index in [0.29, 0.717) is 5.75 Å². The molecule has 0 aliphatic rings. The largest absolute Gasteiger partial charge is 0.484 e. The van der Waals surface area contributed by atoms with Gasteiger partial charge in [-0.15, -0.1) is 0 Å². The lowest BCUT2D eigenvalue weighted by Crippen LogP contribution is -2.42. The molecule has 0 spiro atoms. The molecule has 4 aromatic carbocycles. The van der Waals surface area contributed by atoms with Crippen LogP contribution in [0.15, 0.2) is 84.9 Å². The number of hydrogen-bond donors (Lipinski definition) is 7. The molecule has 0 heterocycles. The summed E-state index contributed by atoms with van der Waals surface area (Å²) in [7, 11) is -10.1. The minimum absolute atomic E-state index is 0.418. The fourth-order valence-electron chi connectivity index (χ4n) is 3.96. The highest BCUT2D eigenvalue weighted by atomic mass is 31.3. The molecule has 0 radical (unpaired) electrons. The second kappa shape index (κ2) is 12.5. The van der Waals surface area contributed by atoms with E-state index in [2.05, 4.69) is 4.31 Å². The predicted molar refractivity (Wildman–Crippen MR) is 140 cm³/mol. The smallest absolute Gasteiger partial charge is 0.478 e. The van der Waals surface area contributed by atoms with Gasteiger partial charge in [-0.3, -0.25) is 0 Å². The third kappa shape index (κ3) is 7.47. The fraction of sp³-hybridized carbons (Fsp3) is 0.200. The fourth-order valence-corrected chi connectivity index (χ4v) is 5.07. The molecular weight excluding hydrogens is 538 g/mol. The topological polar surface area (TPSA) is 194 Å². The molecule has 0 saturated heterocycles. The average Bonchev–Trinajstić information content (AvgIpc) is 2.87. The van der Waals surface area contributed by atoms with Gasteiger partial charge in [0.05, 0.1) is 25.2 Å². The van der Waals surface area contributed by atoms with Gasteiger partial charge in [-0.1, -0.05) is 78.9 Å². The molecule has 204 valence electrons. The van der Waals surface area contributed by atoms with Crippen molar-refractivity contribution in [3.63, 3.8) is 0 Å². The molecule has 4 rings (SSSR count). The Balaban J connectivity index is 0.000000383. The van der Waals surface area contributed by atoms with E-state index in [1.807, 2.05) is 84.9 Å². The predicted octanol–water partition coefficient (Wildman–Crippen LogP) is 3.26. The lowest BCUT2D eigenvalue weighted by atomic mass is 9.79. The van der Waals surface area contributed by atoms with E-state index < -0.39 is 47.0 Å². The minimum Gasteiger partial charge on any atom is -0.484 e. The highest BCUT2D eigenvalue weighted by Crippen LogP contribution is 2.53. The van der Waals surface area contributed by atoms with Crippen LogP contribution in [0, 0.1) is 5.41 Å². The summed E-state index contributed by atoms with van der Waals surface area (Å²) >= 11 is 0. The number of aliphatic hydroxyl groups is 3.